The lowest BCUT2D eigenvalue weighted by Gasteiger charge is -2.07. The molecular weight excluding hydrogens is 216 g/mol. The molecule has 0 aromatic heterocycles. The Morgan fingerprint density at radius 2 is 2.06 bits per heavy atom. The molecule has 1 rings (SSSR count). The molecule has 0 saturated heterocycles. The second-order valence-corrected chi connectivity index (χ2v) is 3.84. The molecule has 1 aromatic rings. The summed E-state index contributed by atoms with van der Waals surface area (Å²) in [6.07, 6.45) is 0.922. The van der Waals surface area contributed by atoms with Crippen LogP contribution in [0, 0.1) is 0 Å². The zero-order valence-electron chi connectivity index (χ0n) is 10.2. The molecule has 1 amide bonds. The van der Waals surface area contributed by atoms with Gasteiger partial charge >= 0.3 is 0 Å². The van der Waals surface area contributed by atoms with E-state index >= 15 is 0 Å². The average Bonchev–Trinajstić information content (AvgIpc) is 2.34. The van der Waals surface area contributed by atoms with Crippen LogP contribution in [0.1, 0.15) is 30.6 Å². The molecule has 2 N–H and O–H groups in total. The minimum Gasteiger partial charge on any atom is -0.376 e. The molecule has 17 heavy (non-hydrogen) atoms. The molecule has 0 aliphatic rings. The van der Waals surface area contributed by atoms with Crippen molar-refractivity contribution in [3.05, 3.63) is 29.8 Å². The van der Waals surface area contributed by atoms with Gasteiger partial charge in [-0.05, 0) is 25.5 Å². The molecule has 0 fully saturated rings. The van der Waals surface area contributed by atoms with Crippen LogP contribution in [0.2, 0.25) is 0 Å². The van der Waals surface area contributed by atoms with E-state index in [1.165, 1.54) is 6.92 Å². The van der Waals surface area contributed by atoms with Gasteiger partial charge in [0.2, 0.25) is 5.91 Å². The molecule has 0 atom stereocenters. The summed E-state index contributed by atoms with van der Waals surface area (Å²) in [5.41, 5.74) is 1.42. The van der Waals surface area contributed by atoms with E-state index in [1.807, 2.05) is 13.0 Å². The van der Waals surface area contributed by atoms with Crippen molar-refractivity contribution in [1.82, 2.24) is 5.32 Å². The maximum atomic E-state index is 11.4. The summed E-state index contributed by atoms with van der Waals surface area (Å²) in [6.45, 7) is 4.44. The summed E-state index contributed by atoms with van der Waals surface area (Å²) in [5, 5.41) is 5.76. The van der Waals surface area contributed by atoms with Crippen LogP contribution in [0.4, 0.5) is 5.69 Å². The molecule has 0 aliphatic heterocycles. The number of Topliss-reactive ketones (excluding diaryl/α,β-unsaturated/α-hetero) is 1. The molecule has 0 bridgehead atoms. The van der Waals surface area contributed by atoms with Crippen molar-refractivity contribution in [1.29, 1.82) is 0 Å². The Bertz CT molecular complexity index is 402. The van der Waals surface area contributed by atoms with E-state index in [9.17, 15) is 9.59 Å². The van der Waals surface area contributed by atoms with E-state index in [-0.39, 0.29) is 18.2 Å². The first kappa shape index (κ1) is 13.2. The molecule has 0 radical (unpaired) electrons. The predicted molar refractivity (Wildman–Crippen MR) is 68.2 cm³/mol. The molecule has 0 spiro atoms. The smallest absolute Gasteiger partial charge is 0.239 e. The zero-order valence-corrected chi connectivity index (χ0v) is 10.2. The lowest BCUT2D eigenvalue weighted by Crippen LogP contribution is -2.30. The second kappa shape index (κ2) is 6.68. The van der Waals surface area contributed by atoms with Gasteiger partial charge in [0, 0.05) is 17.8 Å². The summed E-state index contributed by atoms with van der Waals surface area (Å²) in [4.78, 5) is 22.5. The highest BCUT2D eigenvalue weighted by Crippen LogP contribution is 2.10. The van der Waals surface area contributed by atoms with E-state index in [4.69, 9.17) is 0 Å². The number of hydrogen-bond acceptors (Lipinski definition) is 3. The molecule has 92 valence electrons. The lowest BCUT2D eigenvalue weighted by atomic mass is 10.1. The number of benzene rings is 1. The normalized spacial score (nSPS) is 9.76. The van der Waals surface area contributed by atoms with Gasteiger partial charge in [0.05, 0.1) is 6.54 Å². The van der Waals surface area contributed by atoms with Crippen molar-refractivity contribution in [2.24, 2.45) is 0 Å². The third-order valence-electron chi connectivity index (χ3n) is 2.29. The topological polar surface area (TPSA) is 58.2 Å². The van der Waals surface area contributed by atoms with Gasteiger partial charge in [0.15, 0.2) is 5.78 Å². The number of carbonyl (C=O) groups excluding carboxylic acids is 2. The van der Waals surface area contributed by atoms with Gasteiger partial charge in [-0.25, -0.2) is 0 Å². The molecule has 1 aromatic carbocycles. The number of rotatable bonds is 6. The van der Waals surface area contributed by atoms with E-state index in [0.717, 1.165) is 12.1 Å². The van der Waals surface area contributed by atoms with Gasteiger partial charge in [-0.2, -0.15) is 0 Å². The maximum Gasteiger partial charge on any atom is 0.239 e. The Labute approximate surface area is 101 Å². The van der Waals surface area contributed by atoms with Gasteiger partial charge in [-0.15, -0.1) is 0 Å². The number of carbonyl (C=O) groups is 2. The minimum absolute atomic E-state index is 0.0177. The second-order valence-electron chi connectivity index (χ2n) is 3.84. The Hall–Kier alpha value is -1.84. The maximum absolute atomic E-state index is 11.4. The summed E-state index contributed by atoms with van der Waals surface area (Å²) in [6, 6.07) is 7.13. The number of hydrogen-bond donors (Lipinski definition) is 2. The van der Waals surface area contributed by atoms with Gasteiger partial charge in [-0.3, -0.25) is 9.59 Å². The molecule has 0 aliphatic carbocycles. The highest BCUT2D eigenvalue weighted by molar-refractivity contribution is 5.95. The number of amides is 1. The summed E-state index contributed by atoms with van der Waals surface area (Å²) in [7, 11) is 0. The number of anilines is 1. The number of nitrogens with one attached hydrogen (secondary N) is 2. The summed E-state index contributed by atoms with van der Waals surface area (Å²) in [5.74, 6) is -0.0239. The monoisotopic (exact) mass is 234 g/mol. The van der Waals surface area contributed by atoms with Crippen molar-refractivity contribution in [3.8, 4) is 0 Å². The van der Waals surface area contributed by atoms with Crippen molar-refractivity contribution >= 4 is 17.4 Å². The van der Waals surface area contributed by atoms with Crippen molar-refractivity contribution in [3.63, 3.8) is 0 Å². The van der Waals surface area contributed by atoms with Crippen molar-refractivity contribution < 1.29 is 9.59 Å². The average molecular weight is 234 g/mol. The molecule has 0 heterocycles. The summed E-state index contributed by atoms with van der Waals surface area (Å²) >= 11 is 0. The molecule has 4 nitrogen and oxygen atoms in total. The van der Waals surface area contributed by atoms with Gasteiger partial charge in [0.25, 0.3) is 0 Å². The van der Waals surface area contributed by atoms with Crippen molar-refractivity contribution in [2.75, 3.05) is 18.4 Å². The van der Waals surface area contributed by atoms with Crippen LogP contribution < -0.4 is 10.6 Å². The van der Waals surface area contributed by atoms with Gasteiger partial charge < -0.3 is 10.6 Å². The van der Waals surface area contributed by atoms with Gasteiger partial charge in [-0.1, -0.05) is 19.1 Å². The van der Waals surface area contributed by atoms with Crippen LogP contribution in [0.3, 0.4) is 0 Å². The van der Waals surface area contributed by atoms with Crippen molar-refractivity contribution in [2.45, 2.75) is 20.3 Å². The van der Waals surface area contributed by atoms with E-state index in [0.29, 0.717) is 12.1 Å². The van der Waals surface area contributed by atoms with Crippen LogP contribution in [0.15, 0.2) is 24.3 Å². The molecule has 0 saturated carbocycles. The van der Waals surface area contributed by atoms with Crippen LogP contribution in [-0.2, 0) is 4.79 Å². The SMILES string of the molecule is CCCNC(=O)CNc1cccc(C(C)=O)c1. The Morgan fingerprint density at radius 1 is 1.29 bits per heavy atom. The lowest BCUT2D eigenvalue weighted by molar-refractivity contribution is -0.119. The van der Waals surface area contributed by atoms with E-state index in [2.05, 4.69) is 10.6 Å². The zero-order chi connectivity index (χ0) is 12.7. The first-order valence-electron chi connectivity index (χ1n) is 5.75. The van der Waals surface area contributed by atoms with E-state index in [1.54, 1.807) is 18.2 Å². The fourth-order valence-corrected chi connectivity index (χ4v) is 1.36. The van der Waals surface area contributed by atoms with Crippen LogP contribution >= 0.6 is 0 Å². The summed E-state index contributed by atoms with van der Waals surface area (Å²) < 4.78 is 0. The number of ketones is 1. The Morgan fingerprint density at radius 3 is 2.71 bits per heavy atom. The Balaban J connectivity index is 2.49. The predicted octanol–water partition coefficient (Wildman–Crippen LogP) is 1.83. The van der Waals surface area contributed by atoms with Crippen LogP contribution in [-0.4, -0.2) is 24.8 Å². The minimum atomic E-state index is -0.0416. The largest absolute Gasteiger partial charge is 0.376 e. The Kier molecular flexibility index (Phi) is 5.20. The first-order valence-corrected chi connectivity index (χ1v) is 5.75. The van der Waals surface area contributed by atoms with Crippen LogP contribution in [0.5, 0.6) is 0 Å². The fourth-order valence-electron chi connectivity index (χ4n) is 1.36. The fraction of sp³-hybridized carbons (Fsp3) is 0.385. The first-order chi connectivity index (χ1) is 8.13. The third-order valence-corrected chi connectivity index (χ3v) is 2.29. The highest BCUT2D eigenvalue weighted by Gasteiger charge is 2.02. The van der Waals surface area contributed by atoms with Crippen LogP contribution in [0.25, 0.3) is 0 Å². The molecule has 4 heteroatoms. The standard InChI is InChI=1S/C13H18N2O2/c1-3-7-14-13(17)9-15-12-6-4-5-11(8-12)10(2)16/h4-6,8,15H,3,7,9H2,1-2H3,(H,14,17). The molecule has 0 unspecified atom stereocenters. The highest BCUT2D eigenvalue weighted by atomic mass is 16.1. The molecular formula is C13H18N2O2. The van der Waals surface area contributed by atoms with E-state index < -0.39 is 0 Å². The quantitative estimate of drug-likeness (QED) is 0.738. The third kappa shape index (κ3) is 4.68. The van der Waals surface area contributed by atoms with Gasteiger partial charge in [0.1, 0.15) is 0 Å².